The van der Waals surface area contributed by atoms with E-state index in [9.17, 15) is 22.0 Å². The molecule has 0 fully saturated rings. The van der Waals surface area contributed by atoms with Crippen molar-refractivity contribution in [2.24, 2.45) is 0 Å². The lowest BCUT2D eigenvalue weighted by molar-refractivity contribution is 0.0948. The Bertz CT molecular complexity index is 871. The summed E-state index contributed by atoms with van der Waals surface area (Å²) in [5.74, 6) is -2.57. The van der Waals surface area contributed by atoms with E-state index in [2.05, 4.69) is 10.0 Å². The van der Waals surface area contributed by atoms with E-state index in [1.54, 1.807) is 7.11 Å². The summed E-state index contributed by atoms with van der Waals surface area (Å²) < 4.78 is 57.7. The number of carbonyl (C=O) groups excluding carboxylic acids is 1. The molecule has 1 amide bonds. The molecule has 140 valence electrons. The van der Waals surface area contributed by atoms with Crippen molar-refractivity contribution >= 4 is 21.6 Å². The highest BCUT2D eigenvalue weighted by molar-refractivity contribution is 7.92. The molecule has 26 heavy (non-hydrogen) atoms. The van der Waals surface area contributed by atoms with Crippen molar-refractivity contribution in [2.75, 3.05) is 25.0 Å². The van der Waals surface area contributed by atoms with E-state index >= 15 is 0 Å². The Hall–Kier alpha value is -2.52. The van der Waals surface area contributed by atoms with Gasteiger partial charge in [0.15, 0.2) is 11.6 Å². The number of amides is 1. The average molecular weight is 384 g/mol. The smallest absolute Gasteiger partial charge is 0.261 e. The van der Waals surface area contributed by atoms with Crippen LogP contribution < -0.4 is 10.0 Å². The van der Waals surface area contributed by atoms with Crippen LogP contribution >= 0.6 is 0 Å². The summed E-state index contributed by atoms with van der Waals surface area (Å²) in [7, 11) is -2.43. The molecule has 0 aromatic heterocycles. The third kappa shape index (κ3) is 5.24. The zero-order valence-corrected chi connectivity index (χ0v) is 14.8. The number of sulfonamides is 1. The van der Waals surface area contributed by atoms with Gasteiger partial charge in [0.25, 0.3) is 15.9 Å². The first-order chi connectivity index (χ1) is 12.3. The van der Waals surface area contributed by atoms with Crippen LogP contribution in [0, 0.1) is 11.6 Å². The molecule has 6 nitrogen and oxygen atoms in total. The Balaban J connectivity index is 2.06. The van der Waals surface area contributed by atoms with Crippen LogP contribution in [0.5, 0.6) is 0 Å². The summed E-state index contributed by atoms with van der Waals surface area (Å²) in [6, 6.07) is 7.92. The maximum Gasteiger partial charge on any atom is 0.261 e. The van der Waals surface area contributed by atoms with Gasteiger partial charge in [0.2, 0.25) is 0 Å². The summed E-state index contributed by atoms with van der Waals surface area (Å²) in [6.07, 6.45) is 0.660. The highest BCUT2D eigenvalue weighted by atomic mass is 32.2. The Morgan fingerprint density at radius 2 is 1.77 bits per heavy atom. The van der Waals surface area contributed by atoms with Gasteiger partial charge in [0, 0.05) is 31.9 Å². The normalized spacial score (nSPS) is 11.2. The van der Waals surface area contributed by atoms with E-state index in [4.69, 9.17) is 4.74 Å². The number of halogens is 2. The summed E-state index contributed by atoms with van der Waals surface area (Å²) in [5.41, 5.74) is 0.193. The van der Waals surface area contributed by atoms with Gasteiger partial charge in [-0.2, -0.15) is 0 Å². The quantitative estimate of drug-likeness (QED) is 0.685. The first-order valence-electron chi connectivity index (χ1n) is 7.68. The SMILES string of the molecule is COCCCNC(=O)c1ccc(S(=O)(=O)Nc2ccc(F)c(F)c2)cc1. The van der Waals surface area contributed by atoms with Crippen LogP contribution in [0.25, 0.3) is 0 Å². The van der Waals surface area contributed by atoms with E-state index in [1.165, 1.54) is 24.3 Å². The van der Waals surface area contributed by atoms with E-state index in [1.807, 2.05) is 0 Å². The molecule has 2 rings (SSSR count). The fourth-order valence-corrected chi connectivity index (χ4v) is 3.13. The minimum absolute atomic E-state index is 0.108. The minimum atomic E-state index is -4.00. The Kier molecular flexibility index (Phi) is 6.64. The molecule has 0 bridgehead atoms. The molecule has 0 atom stereocenters. The molecule has 0 aliphatic heterocycles. The van der Waals surface area contributed by atoms with Crippen molar-refractivity contribution in [2.45, 2.75) is 11.3 Å². The predicted molar refractivity (Wildman–Crippen MR) is 92.4 cm³/mol. The van der Waals surface area contributed by atoms with Crippen LogP contribution in [0.1, 0.15) is 16.8 Å². The van der Waals surface area contributed by atoms with Crippen molar-refractivity contribution < 1.29 is 26.7 Å². The van der Waals surface area contributed by atoms with Gasteiger partial charge in [-0.25, -0.2) is 17.2 Å². The summed E-state index contributed by atoms with van der Waals surface area (Å²) in [5, 5.41) is 2.68. The van der Waals surface area contributed by atoms with Crippen LogP contribution in [0.15, 0.2) is 47.4 Å². The molecule has 0 radical (unpaired) electrons. The van der Waals surface area contributed by atoms with Crippen LogP contribution in [-0.4, -0.2) is 34.6 Å². The van der Waals surface area contributed by atoms with Crippen molar-refractivity contribution in [3.63, 3.8) is 0 Å². The number of nitrogens with one attached hydrogen (secondary N) is 2. The summed E-state index contributed by atoms with van der Waals surface area (Å²) in [6.45, 7) is 0.956. The Morgan fingerprint density at radius 3 is 2.38 bits per heavy atom. The standard InChI is InChI=1S/C17H18F2N2O4S/c1-25-10-2-9-20-17(22)12-3-6-14(7-4-12)26(23,24)21-13-5-8-15(18)16(19)11-13/h3-8,11,21H,2,9-10H2,1H3,(H,20,22). The monoisotopic (exact) mass is 384 g/mol. The maximum absolute atomic E-state index is 13.2. The second-order valence-electron chi connectivity index (χ2n) is 5.36. The highest BCUT2D eigenvalue weighted by Crippen LogP contribution is 2.18. The van der Waals surface area contributed by atoms with E-state index in [0.717, 1.165) is 18.2 Å². The number of anilines is 1. The van der Waals surface area contributed by atoms with Crippen LogP contribution in [-0.2, 0) is 14.8 Å². The van der Waals surface area contributed by atoms with Gasteiger partial charge < -0.3 is 10.1 Å². The van der Waals surface area contributed by atoms with Crippen molar-refractivity contribution in [1.82, 2.24) is 5.32 Å². The molecular formula is C17H18F2N2O4S. The largest absolute Gasteiger partial charge is 0.385 e. The molecule has 0 aliphatic carbocycles. The zero-order chi connectivity index (χ0) is 19.2. The van der Waals surface area contributed by atoms with E-state index in [0.29, 0.717) is 25.1 Å². The minimum Gasteiger partial charge on any atom is -0.385 e. The number of carbonyl (C=O) groups is 1. The molecule has 2 aromatic carbocycles. The first kappa shape index (κ1) is 19.8. The van der Waals surface area contributed by atoms with Crippen LogP contribution in [0.2, 0.25) is 0 Å². The summed E-state index contributed by atoms with van der Waals surface area (Å²) in [4.78, 5) is 11.8. The van der Waals surface area contributed by atoms with Gasteiger partial charge >= 0.3 is 0 Å². The van der Waals surface area contributed by atoms with Gasteiger partial charge in [-0.1, -0.05) is 0 Å². The Morgan fingerprint density at radius 1 is 1.08 bits per heavy atom. The van der Waals surface area contributed by atoms with Crippen molar-refractivity contribution in [3.8, 4) is 0 Å². The molecule has 2 aromatic rings. The van der Waals surface area contributed by atoms with E-state index in [-0.39, 0.29) is 16.5 Å². The molecule has 0 spiro atoms. The van der Waals surface area contributed by atoms with Crippen molar-refractivity contribution in [3.05, 3.63) is 59.7 Å². The first-order valence-corrected chi connectivity index (χ1v) is 9.17. The Labute approximate surface area is 150 Å². The zero-order valence-electron chi connectivity index (χ0n) is 14.0. The van der Waals surface area contributed by atoms with Gasteiger partial charge in [0.05, 0.1) is 10.6 Å². The lowest BCUT2D eigenvalue weighted by Crippen LogP contribution is -2.25. The highest BCUT2D eigenvalue weighted by Gasteiger charge is 2.16. The van der Waals surface area contributed by atoms with E-state index < -0.39 is 21.7 Å². The topological polar surface area (TPSA) is 84.5 Å². The molecule has 0 saturated carbocycles. The lowest BCUT2D eigenvalue weighted by atomic mass is 10.2. The lowest BCUT2D eigenvalue weighted by Gasteiger charge is -2.09. The number of ether oxygens (including phenoxy) is 1. The van der Waals surface area contributed by atoms with Crippen LogP contribution in [0.3, 0.4) is 0 Å². The third-order valence-corrected chi connectivity index (χ3v) is 4.81. The molecule has 0 heterocycles. The maximum atomic E-state index is 13.2. The molecule has 0 aliphatic rings. The molecule has 9 heteroatoms. The van der Waals surface area contributed by atoms with Gasteiger partial charge in [0.1, 0.15) is 0 Å². The number of benzene rings is 2. The fourth-order valence-electron chi connectivity index (χ4n) is 2.08. The van der Waals surface area contributed by atoms with Gasteiger partial charge in [-0.3, -0.25) is 9.52 Å². The fraction of sp³-hybridized carbons (Fsp3) is 0.235. The number of methoxy groups -OCH3 is 1. The number of rotatable bonds is 8. The van der Waals surface area contributed by atoms with Crippen molar-refractivity contribution in [1.29, 1.82) is 0 Å². The average Bonchev–Trinajstić information content (AvgIpc) is 2.61. The predicted octanol–water partition coefficient (Wildman–Crippen LogP) is 2.53. The molecular weight excluding hydrogens is 366 g/mol. The number of hydrogen-bond donors (Lipinski definition) is 2. The van der Waals surface area contributed by atoms with Gasteiger partial charge in [-0.15, -0.1) is 0 Å². The second-order valence-corrected chi connectivity index (χ2v) is 7.04. The molecule has 0 unspecified atom stereocenters. The molecule has 0 saturated heterocycles. The van der Waals surface area contributed by atoms with Gasteiger partial charge in [-0.05, 0) is 42.8 Å². The van der Waals surface area contributed by atoms with Crippen LogP contribution in [0.4, 0.5) is 14.5 Å². The molecule has 2 N–H and O–H groups in total. The second kappa shape index (κ2) is 8.72. The number of hydrogen-bond acceptors (Lipinski definition) is 4. The third-order valence-electron chi connectivity index (χ3n) is 3.41. The summed E-state index contributed by atoms with van der Waals surface area (Å²) >= 11 is 0.